The zero-order valence-electron chi connectivity index (χ0n) is 17.3. The third-order valence-corrected chi connectivity index (χ3v) is 5.95. The first-order valence-corrected chi connectivity index (χ1v) is 10.9. The summed E-state index contributed by atoms with van der Waals surface area (Å²) in [5.41, 5.74) is 12.5. The van der Waals surface area contributed by atoms with Gasteiger partial charge in [-0.15, -0.1) is 11.3 Å². The molecule has 0 fully saturated rings. The summed E-state index contributed by atoms with van der Waals surface area (Å²) in [7, 11) is 0. The van der Waals surface area contributed by atoms with Crippen molar-refractivity contribution in [2.75, 3.05) is 6.54 Å². The lowest BCUT2D eigenvalue weighted by atomic mass is 9.93. The molecule has 0 aliphatic carbocycles. The van der Waals surface area contributed by atoms with Gasteiger partial charge in [-0.05, 0) is 42.7 Å². The fraction of sp³-hybridized carbons (Fsp3) is 0.217. The molecule has 8 nitrogen and oxygen atoms in total. The molecule has 3 aromatic rings. The topological polar surface area (TPSA) is 144 Å². The summed E-state index contributed by atoms with van der Waals surface area (Å²) in [6, 6.07) is 18.2. The number of carbonyl (C=O) groups excluding carboxylic acids is 1. The van der Waals surface area contributed by atoms with Crippen LogP contribution in [0.5, 0.6) is 0 Å². The molecule has 32 heavy (non-hydrogen) atoms. The second kappa shape index (κ2) is 11.1. The van der Waals surface area contributed by atoms with Crippen molar-refractivity contribution in [3.05, 3.63) is 87.9 Å². The Morgan fingerprint density at radius 2 is 1.81 bits per heavy atom. The van der Waals surface area contributed by atoms with E-state index in [4.69, 9.17) is 11.5 Å². The molecule has 2 heterocycles. The lowest BCUT2D eigenvalue weighted by Gasteiger charge is -2.16. The number of nitrogens with two attached hydrogens (primary N) is 2. The van der Waals surface area contributed by atoms with Gasteiger partial charge in [-0.25, -0.2) is 4.79 Å². The standard InChI is InChI=1S/C23H25N5O3S/c24-23(25)27-14-6-10-17(22(30)31)28-21(29)19-12-11-18(32-19)20(15-7-2-1-3-8-15)16-9-4-5-13-26-16/h1-5,7-9,11-13,17,20H,6,10,14H2,(H,28,29)(H,30,31)(H4,24,25,27)/t17-,20?/m0/s1. The van der Waals surface area contributed by atoms with E-state index in [0.29, 0.717) is 17.8 Å². The van der Waals surface area contributed by atoms with Crippen LogP contribution in [0.2, 0.25) is 0 Å². The molecule has 0 aliphatic rings. The number of rotatable bonds is 10. The number of carboxylic acids is 1. The third kappa shape index (κ3) is 6.14. The predicted molar refractivity (Wildman–Crippen MR) is 125 cm³/mol. The zero-order valence-corrected chi connectivity index (χ0v) is 18.2. The molecular formula is C23H25N5O3S. The molecule has 166 valence electrons. The van der Waals surface area contributed by atoms with E-state index in [1.165, 1.54) is 11.3 Å². The smallest absolute Gasteiger partial charge is 0.326 e. The Morgan fingerprint density at radius 3 is 2.47 bits per heavy atom. The molecule has 1 amide bonds. The van der Waals surface area contributed by atoms with Crippen LogP contribution in [0.4, 0.5) is 0 Å². The molecule has 3 rings (SSSR count). The number of aromatic nitrogens is 1. The third-order valence-electron chi connectivity index (χ3n) is 4.80. The SMILES string of the molecule is NC(N)=NCCC[C@H](NC(=O)c1ccc(C(c2ccccc2)c2ccccn2)s1)C(=O)O. The molecular weight excluding hydrogens is 426 g/mol. The highest BCUT2D eigenvalue weighted by Crippen LogP contribution is 2.35. The van der Waals surface area contributed by atoms with Crippen LogP contribution in [0.15, 0.2) is 71.9 Å². The Labute approximate surface area is 190 Å². The second-order valence-electron chi connectivity index (χ2n) is 7.11. The van der Waals surface area contributed by atoms with E-state index in [1.807, 2.05) is 54.6 Å². The van der Waals surface area contributed by atoms with Crippen molar-refractivity contribution in [3.8, 4) is 0 Å². The van der Waals surface area contributed by atoms with E-state index >= 15 is 0 Å². The van der Waals surface area contributed by atoms with E-state index in [-0.39, 0.29) is 18.3 Å². The largest absolute Gasteiger partial charge is 0.480 e. The van der Waals surface area contributed by atoms with Gasteiger partial charge in [0.15, 0.2) is 5.96 Å². The molecule has 0 radical (unpaired) electrons. The van der Waals surface area contributed by atoms with Crippen LogP contribution < -0.4 is 16.8 Å². The Hall–Kier alpha value is -3.72. The summed E-state index contributed by atoms with van der Waals surface area (Å²) >= 11 is 1.32. The van der Waals surface area contributed by atoms with E-state index in [2.05, 4.69) is 15.3 Å². The summed E-state index contributed by atoms with van der Waals surface area (Å²) < 4.78 is 0. The number of guanidine groups is 1. The first kappa shape index (κ1) is 23.0. The average Bonchev–Trinajstić information content (AvgIpc) is 3.27. The van der Waals surface area contributed by atoms with Crippen LogP contribution in [0, 0.1) is 0 Å². The van der Waals surface area contributed by atoms with E-state index in [9.17, 15) is 14.7 Å². The maximum atomic E-state index is 12.8. The minimum atomic E-state index is -1.10. The molecule has 2 aromatic heterocycles. The molecule has 0 spiro atoms. The van der Waals surface area contributed by atoms with Crippen LogP contribution in [-0.4, -0.2) is 40.5 Å². The molecule has 2 atom stereocenters. The van der Waals surface area contributed by atoms with Crippen LogP contribution in [-0.2, 0) is 4.79 Å². The van der Waals surface area contributed by atoms with Crippen molar-refractivity contribution in [3.63, 3.8) is 0 Å². The lowest BCUT2D eigenvalue weighted by molar-refractivity contribution is -0.139. The fourth-order valence-corrected chi connectivity index (χ4v) is 4.35. The van der Waals surface area contributed by atoms with Crippen molar-refractivity contribution in [1.29, 1.82) is 0 Å². The molecule has 0 saturated heterocycles. The number of pyridine rings is 1. The maximum Gasteiger partial charge on any atom is 0.326 e. The number of hydrogen-bond donors (Lipinski definition) is 4. The van der Waals surface area contributed by atoms with Gasteiger partial charge in [-0.2, -0.15) is 0 Å². The Kier molecular flexibility index (Phi) is 7.93. The average molecular weight is 452 g/mol. The quantitative estimate of drug-likeness (QED) is 0.212. The highest BCUT2D eigenvalue weighted by Gasteiger charge is 2.24. The van der Waals surface area contributed by atoms with Gasteiger partial charge in [0, 0.05) is 17.6 Å². The predicted octanol–water partition coefficient (Wildman–Crippen LogP) is 2.56. The van der Waals surface area contributed by atoms with Crippen molar-refractivity contribution in [2.45, 2.75) is 24.8 Å². The molecule has 0 saturated carbocycles. The number of hydrogen-bond acceptors (Lipinski definition) is 5. The highest BCUT2D eigenvalue weighted by molar-refractivity contribution is 7.14. The minimum absolute atomic E-state index is 0.0482. The van der Waals surface area contributed by atoms with Gasteiger partial charge in [0.25, 0.3) is 5.91 Å². The summed E-state index contributed by atoms with van der Waals surface area (Å²) in [6.45, 7) is 0.300. The van der Waals surface area contributed by atoms with Crippen LogP contribution >= 0.6 is 11.3 Å². The van der Waals surface area contributed by atoms with E-state index in [0.717, 1.165) is 16.1 Å². The molecule has 1 aromatic carbocycles. The van der Waals surface area contributed by atoms with Crippen LogP contribution in [0.25, 0.3) is 0 Å². The number of benzene rings is 1. The Bertz CT molecular complexity index is 1030. The van der Waals surface area contributed by atoms with Crippen molar-refractivity contribution < 1.29 is 14.7 Å². The highest BCUT2D eigenvalue weighted by atomic mass is 32.1. The molecule has 9 heteroatoms. The minimum Gasteiger partial charge on any atom is -0.480 e. The lowest BCUT2D eigenvalue weighted by Crippen LogP contribution is -2.40. The van der Waals surface area contributed by atoms with E-state index < -0.39 is 17.9 Å². The first-order chi connectivity index (χ1) is 15.5. The summed E-state index contributed by atoms with van der Waals surface area (Å²) in [5, 5.41) is 12.1. The van der Waals surface area contributed by atoms with Crippen molar-refractivity contribution in [2.24, 2.45) is 16.5 Å². The van der Waals surface area contributed by atoms with Gasteiger partial charge < -0.3 is 21.9 Å². The van der Waals surface area contributed by atoms with Crippen LogP contribution in [0.3, 0.4) is 0 Å². The van der Waals surface area contributed by atoms with Gasteiger partial charge in [-0.1, -0.05) is 36.4 Å². The number of nitrogens with one attached hydrogen (secondary N) is 1. The van der Waals surface area contributed by atoms with Gasteiger partial charge in [-0.3, -0.25) is 14.8 Å². The van der Waals surface area contributed by atoms with E-state index in [1.54, 1.807) is 12.3 Å². The summed E-state index contributed by atoms with van der Waals surface area (Å²) in [6.07, 6.45) is 2.39. The number of amides is 1. The number of aliphatic imine (C=N–C) groups is 1. The zero-order chi connectivity index (χ0) is 22.9. The second-order valence-corrected chi connectivity index (χ2v) is 8.23. The number of thiophene rings is 1. The Balaban J connectivity index is 1.77. The number of aliphatic carboxylic acids is 1. The van der Waals surface area contributed by atoms with Gasteiger partial charge >= 0.3 is 5.97 Å². The number of carbonyl (C=O) groups is 2. The van der Waals surface area contributed by atoms with Gasteiger partial charge in [0.2, 0.25) is 0 Å². The fourth-order valence-electron chi connectivity index (χ4n) is 3.29. The van der Waals surface area contributed by atoms with Crippen LogP contribution in [0.1, 0.15) is 44.6 Å². The number of nitrogens with zero attached hydrogens (tertiary/aromatic N) is 2. The monoisotopic (exact) mass is 451 g/mol. The summed E-state index contributed by atoms with van der Waals surface area (Å²) in [5.74, 6) is -1.70. The van der Waals surface area contributed by atoms with Gasteiger partial charge in [0.05, 0.1) is 16.5 Å². The summed E-state index contributed by atoms with van der Waals surface area (Å²) in [4.78, 5) is 34.1. The normalized spacial score (nSPS) is 12.5. The molecule has 6 N–H and O–H groups in total. The molecule has 0 bridgehead atoms. The molecule has 0 aliphatic heterocycles. The Morgan fingerprint density at radius 1 is 1.06 bits per heavy atom. The molecule has 1 unspecified atom stereocenters. The maximum absolute atomic E-state index is 12.8. The number of carboxylic acid groups (broad SMARTS) is 1. The first-order valence-electron chi connectivity index (χ1n) is 10.1. The van der Waals surface area contributed by atoms with Crippen molar-refractivity contribution in [1.82, 2.24) is 10.3 Å². The van der Waals surface area contributed by atoms with Crippen molar-refractivity contribution >= 4 is 29.2 Å². The van der Waals surface area contributed by atoms with Gasteiger partial charge in [0.1, 0.15) is 6.04 Å².